The van der Waals surface area contributed by atoms with E-state index in [0.717, 1.165) is 37.0 Å². The maximum absolute atomic E-state index is 13.6. The number of aliphatic hydroxyl groups excluding tert-OH is 1. The summed E-state index contributed by atoms with van der Waals surface area (Å²) in [6.07, 6.45) is 4.94. The molecule has 2 aromatic rings. The van der Waals surface area contributed by atoms with Crippen LogP contribution in [-0.4, -0.2) is 78.7 Å². The number of carbonyl (C=O) groups is 3. The fourth-order valence-corrected chi connectivity index (χ4v) is 5.71. The molecule has 2 aliphatic heterocycles. The summed E-state index contributed by atoms with van der Waals surface area (Å²) in [7, 11) is 1.51. The molecule has 41 heavy (non-hydrogen) atoms. The van der Waals surface area contributed by atoms with E-state index in [1.165, 1.54) is 29.6 Å². The molecule has 9 nitrogen and oxygen atoms in total. The van der Waals surface area contributed by atoms with E-state index in [4.69, 9.17) is 4.74 Å². The largest absolute Gasteiger partial charge is 0.489 e. The molecule has 2 bridgehead atoms. The van der Waals surface area contributed by atoms with E-state index in [1.54, 1.807) is 12.1 Å². The van der Waals surface area contributed by atoms with Gasteiger partial charge in [0.25, 0.3) is 0 Å². The van der Waals surface area contributed by atoms with E-state index in [2.05, 4.69) is 22.0 Å². The van der Waals surface area contributed by atoms with Gasteiger partial charge in [0.1, 0.15) is 29.8 Å². The van der Waals surface area contributed by atoms with E-state index in [9.17, 15) is 23.9 Å². The van der Waals surface area contributed by atoms with Crippen molar-refractivity contribution in [2.75, 3.05) is 26.7 Å². The van der Waals surface area contributed by atoms with Gasteiger partial charge in [-0.05, 0) is 73.3 Å². The van der Waals surface area contributed by atoms with Crippen molar-refractivity contribution in [2.45, 2.75) is 69.2 Å². The Balaban J connectivity index is 1.40. The molecule has 0 aromatic heterocycles. The first-order valence-electron chi connectivity index (χ1n) is 14.5. The monoisotopic (exact) mass is 566 g/mol. The van der Waals surface area contributed by atoms with Gasteiger partial charge in [0.05, 0.1) is 12.6 Å². The van der Waals surface area contributed by atoms with Gasteiger partial charge in [-0.15, -0.1) is 0 Å². The van der Waals surface area contributed by atoms with E-state index >= 15 is 0 Å². The minimum Gasteiger partial charge on any atom is -0.489 e. The molecular weight excluding hydrogens is 527 g/mol. The Morgan fingerprint density at radius 1 is 1.00 bits per heavy atom. The summed E-state index contributed by atoms with van der Waals surface area (Å²) in [5.74, 6) is -0.645. The van der Waals surface area contributed by atoms with Crippen LogP contribution in [0.15, 0.2) is 42.5 Å². The normalized spacial score (nSPS) is 26.3. The summed E-state index contributed by atoms with van der Waals surface area (Å²) in [5, 5.41) is 19.2. The van der Waals surface area contributed by atoms with E-state index in [-0.39, 0.29) is 24.3 Å². The van der Waals surface area contributed by atoms with Crippen LogP contribution in [0.25, 0.3) is 0 Å². The van der Waals surface area contributed by atoms with Gasteiger partial charge < -0.3 is 30.7 Å². The van der Waals surface area contributed by atoms with E-state index in [0.29, 0.717) is 31.5 Å². The molecule has 0 radical (unpaired) electrons. The number of fused-ring (bicyclic) bond motifs is 1. The van der Waals surface area contributed by atoms with Gasteiger partial charge in [-0.1, -0.05) is 30.3 Å². The summed E-state index contributed by atoms with van der Waals surface area (Å²) in [6, 6.07) is 9.25. The number of aliphatic hydroxyl groups is 1. The van der Waals surface area contributed by atoms with Crippen molar-refractivity contribution >= 4 is 17.7 Å². The number of amides is 3. The molecule has 2 heterocycles. The van der Waals surface area contributed by atoms with Gasteiger partial charge in [0.2, 0.25) is 17.7 Å². The van der Waals surface area contributed by atoms with Gasteiger partial charge in [0.15, 0.2) is 0 Å². The van der Waals surface area contributed by atoms with Crippen LogP contribution in [0.1, 0.15) is 42.4 Å². The number of carbonyl (C=O) groups excluding carboxylic acids is 3. The zero-order valence-electron chi connectivity index (χ0n) is 23.4. The van der Waals surface area contributed by atoms with Crippen molar-refractivity contribution in [1.82, 2.24) is 20.9 Å². The molecule has 1 aliphatic carbocycles. The maximum Gasteiger partial charge on any atom is 0.245 e. The molecule has 0 spiro atoms. The number of halogens is 1. The highest BCUT2D eigenvalue weighted by atomic mass is 19.1. The van der Waals surface area contributed by atoms with Crippen molar-refractivity contribution in [3.63, 3.8) is 0 Å². The molecule has 1 saturated carbocycles. The number of ether oxygens (including phenoxy) is 1. The third-order valence-electron chi connectivity index (χ3n) is 8.32. The molecule has 3 aliphatic rings. The third-order valence-corrected chi connectivity index (χ3v) is 8.32. The average molecular weight is 567 g/mol. The smallest absolute Gasteiger partial charge is 0.245 e. The van der Waals surface area contributed by atoms with Crippen molar-refractivity contribution < 1.29 is 28.6 Å². The molecule has 2 aromatic carbocycles. The summed E-state index contributed by atoms with van der Waals surface area (Å²) in [5.41, 5.74) is 2.92. The lowest BCUT2D eigenvalue weighted by atomic mass is 9.96. The van der Waals surface area contributed by atoms with Crippen molar-refractivity contribution in [2.24, 2.45) is 5.92 Å². The number of aryl methyl sites for hydroxylation is 2. The minimum atomic E-state index is -1.17. The number of likely N-dealkylation sites (N-methyl/N-ethyl adjacent to an activating group) is 1. The molecule has 4 atom stereocenters. The SMILES string of the molecule is CN1C(=O)[C@H](C2CC2)NCC2CCc3cccc(c3O2)CCCNC(=O)[C@@H](Cc2ccc(F)cc2)NC(=O)[C@H]1CO. The number of hydrogen-bond donors (Lipinski definition) is 4. The standard InChI is InChI=1S/C31H39FN4O5/c1-36-26(18-37)30(39)35-25(16-19-7-12-23(32)13-8-19)29(38)33-15-3-6-21-4-2-5-22-11-14-24(41-28(21)22)17-34-27(31(36)40)20-9-10-20/h2,4-5,7-8,12-13,20,24-27,34,37H,3,6,9-11,14-18H2,1H3,(H,33,38)(H,35,39)/t24?,25-,26-,27+/m1/s1. The lowest BCUT2D eigenvalue weighted by molar-refractivity contribution is -0.143. The second-order valence-corrected chi connectivity index (χ2v) is 11.3. The molecule has 1 fully saturated rings. The van der Waals surface area contributed by atoms with Crippen molar-refractivity contribution in [3.05, 3.63) is 65.0 Å². The fraction of sp³-hybridized carbons (Fsp3) is 0.516. The number of nitrogens with zero attached hydrogens (tertiary/aromatic N) is 1. The van der Waals surface area contributed by atoms with Crippen molar-refractivity contribution in [1.29, 1.82) is 0 Å². The topological polar surface area (TPSA) is 120 Å². The van der Waals surface area contributed by atoms with Crippen LogP contribution < -0.4 is 20.7 Å². The predicted octanol–water partition coefficient (Wildman–Crippen LogP) is 1.50. The molecular formula is C31H39FN4O5. The van der Waals surface area contributed by atoms with E-state index in [1.807, 2.05) is 12.1 Å². The molecule has 220 valence electrons. The van der Waals surface area contributed by atoms with Crippen molar-refractivity contribution in [3.8, 4) is 5.75 Å². The number of rotatable bonds is 4. The molecule has 10 heteroatoms. The minimum absolute atomic E-state index is 0.0919. The van der Waals surface area contributed by atoms with Crippen LogP contribution in [0.5, 0.6) is 5.75 Å². The molecule has 1 unspecified atom stereocenters. The fourth-order valence-electron chi connectivity index (χ4n) is 5.71. The quantitative estimate of drug-likeness (QED) is 0.446. The van der Waals surface area contributed by atoms with Crippen LogP contribution in [0, 0.1) is 11.7 Å². The number of benzene rings is 2. The number of nitrogens with one attached hydrogen (secondary N) is 3. The number of hydrogen-bond acceptors (Lipinski definition) is 6. The highest BCUT2D eigenvalue weighted by Gasteiger charge is 2.41. The highest BCUT2D eigenvalue weighted by molar-refractivity contribution is 5.93. The van der Waals surface area contributed by atoms with Crippen LogP contribution >= 0.6 is 0 Å². The van der Waals surface area contributed by atoms with E-state index < -0.39 is 42.4 Å². The first-order chi connectivity index (χ1) is 19.8. The first-order valence-corrected chi connectivity index (χ1v) is 14.5. The van der Waals surface area contributed by atoms with Gasteiger partial charge in [-0.25, -0.2) is 4.39 Å². The highest BCUT2D eigenvalue weighted by Crippen LogP contribution is 2.35. The first kappa shape index (κ1) is 29.0. The predicted molar refractivity (Wildman–Crippen MR) is 151 cm³/mol. The zero-order valence-corrected chi connectivity index (χ0v) is 23.4. The Bertz CT molecular complexity index is 1250. The number of para-hydroxylation sites is 1. The van der Waals surface area contributed by atoms with Gasteiger partial charge in [-0.3, -0.25) is 14.4 Å². The maximum atomic E-state index is 13.6. The Labute approximate surface area is 239 Å². The molecule has 4 N–H and O–H groups in total. The van der Waals surface area contributed by atoms with Crippen LogP contribution in [0.4, 0.5) is 4.39 Å². The van der Waals surface area contributed by atoms with Gasteiger partial charge in [-0.2, -0.15) is 0 Å². The lowest BCUT2D eigenvalue weighted by Gasteiger charge is -2.33. The second kappa shape index (κ2) is 13.0. The molecule has 0 saturated heterocycles. The lowest BCUT2D eigenvalue weighted by Crippen LogP contribution is -2.59. The Morgan fingerprint density at radius 2 is 1.73 bits per heavy atom. The third kappa shape index (κ3) is 7.05. The average Bonchev–Trinajstić information content (AvgIpc) is 3.81. The van der Waals surface area contributed by atoms with Crippen LogP contribution in [0.2, 0.25) is 0 Å². The summed E-state index contributed by atoms with van der Waals surface area (Å²) < 4.78 is 19.9. The Hall–Kier alpha value is -3.50. The molecule has 5 rings (SSSR count). The van der Waals surface area contributed by atoms with Gasteiger partial charge >= 0.3 is 0 Å². The summed E-state index contributed by atoms with van der Waals surface area (Å²) >= 11 is 0. The van der Waals surface area contributed by atoms with Crippen LogP contribution in [0.3, 0.4) is 0 Å². The Kier molecular flexibility index (Phi) is 9.19. The van der Waals surface area contributed by atoms with Gasteiger partial charge in [0, 0.05) is 26.6 Å². The van der Waals surface area contributed by atoms with Crippen LogP contribution in [-0.2, 0) is 33.6 Å². The molecule has 3 amide bonds. The summed E-state index contributed by atoms with van der Waals surface area (Å²) in [4.78, 5) is 41.6. The zero-order chi connectivity index (χ0) is 28.9. The summed E-state index contributed by atoms with van der Waals surface area (Å²) in [6.45, 7) is 0.288. The Morgan fingerprint density at radius 3 is 2.44 bits per heavy atom. The second-order valence-electron chi connectivity index (χ2n) is 11.3.